The van der Waals surface area contributed by atoms with E-state index in [2.05, 4.69) is 4.72 Å². The average molecular weight is 375 g/mol. The van der Waals surface area contributed by atoms with Crippen molar-refractivity contribution in [3.63, 3.8) is 0 Å². The molecule has 0 spiro atoms. The molecule has 1 aliphatic heterocycles. The van der Waals surface area contributed by atoms with E-state index in [4.69, 9.17) is 16.3 Å². The van der Waals surface area contributed by atoms with E-state index in [-0.39, 0.29) is 22.4 Å². The van der Waals surface area contributed by atoms with E-state index in [0.29, 0.717) is 12.3 Å². The maximum absolute atomic E-state index is 12.1. The Kier molecular flexibility index (Phi) is 6.89. The summed E-state index contributed by atoms with van der Waals surface area (Å²) in [5, 5.41) is 0.169. The van der Waals surface area contributed by atoms with Gasteiger partial charge in [-0.3, -0.25) is 4.79 Å². The molecular formula is C16H23ClN2O4S. The first kappa shape index (κ1) is 19.0. The Morgan fingerprint density at radius 3 is 2.67 bits per heavy atom. The van der Waals surface area contributed by atoms with E-state index < -0.39 is 10.0 Å². The van der Waals surface area contributed by atoms with Crippen molar-refractivity contribution in [1.82, 2.24) is 9.62 Å². The number of nitrogens with one attached hydrogen (secondary N) is 1. The number of amides is 1. The van der Waals surface area contributed by atoms with Crippen LogP contribution < -0.4 is 9.46 Å². The van der Waals surface area contributed by atoms with Crippen molar-refractivity contribution in [3.8, 4) is 5.75 Å². The monoisotopic (exact) mass is 374 g/mol. The van der Waals surface area contributed by atoms with Gasteiger partial charge in [0, 0.05) is 19.6 Å². The standard InChI is InChI=1S/C16H23ClN2O4S/c1-2-3-8-18-24(21,22)13-6-7-15(14(17)11-13)23-12-16(20)19-9-4-5-10-19/h6-7,11,18H,2-5,8-10,12H2,1H3. The predicted octanol–water partition coefficient (Wildman–Crippen LogP) is 2.42. The molecule has 0 aliphatic carbocycles. The lowest BCUT2D eigenvalue weighted by atomic mass is 10.3. The van der Waals surface area contributed by atoms with Gasteiger partial charge in [-0.05, 0) is 37.5 Å². The minimum atomic E-state index is -3.58. The summed E-state index contributed by atoms with van der Waals surface area (Å²) >= 11 is 6.10. The third-order valence-electron chi connectivity index (χ3n) is 3.85. The highest BCUT2D eigenvalue weighted by molar-refractivity contribution is 7.89. The number of rotatable bonds is 8. The van der Waals surface area contributed by atoms with Crippen molar-refractivity contribution in [2.75, 3.05) is 26.2 Å². The Morgan fingerprint density at radius 2 is 2.04 bits per heavy atom. The van der Waals surface area contributed by atoms with Crippen LogP contribution in [0.4, 0.5) is 0 Å². The van der Waals surface area contributed by atoms with Crippen LogP contribution >= 0.6 is 11.6 Å². The molecule has 8 heteroatoms. The van der Waals surface area contributed by atoms with Gasteiger partial charge in [-0.25, -0.2) is 13.1 Å². The van der Waals surface area contributed by atoms with Crippen LogP contribution in [0.2, 0.25) is 5.02 Å². The lowest BCUT2D eigenvalue weighted by Crippen LogP contribution is -2.32. The number of ether oxygens (including phenoxy) is 1. The summed E-state index contributed by atoms with van der Waals surface area (Å²) in [6.07, 6.45) is 3.71. The molecule has 1 amide bonds. The first-order valence-corrected chi connectivity index (χ1v) is 10.00. The highest BCUT2D eigenvalue weighted by atomic mass is 35.5. The fourth-order valence-electron chi connectivity index (χ4n) is 2.43. The molecule has 0 bridgehead atoms. The van der Waals surface area contributed by atoms with E-state index >= 15 is 0 Å². The van der Waals surface area contributed by atoms with Gasteiger partial charge in [-0.15, -0.1) is 0 Å². The molecule has 0 saturated carbocycles. The zero-order valence-corrected chi connectivity index (χ0v) is 15.3. The van der Waals surface area contributed by atoms with Gasteiger partial charge in [-0.1, -0.05) is 24.9 Å². The summed E-state index contributed by atoms with van der Waals surface area (Å²) in [6, 6.07) is 4.25. The molecule has 0 unspecified atom stereocenters. The Bertz CT molecular complexity index is 673. The zero-order chi connectivity index (χ0) is 17.6. The maximum Gasteiger partial charge on any atom is 0.260 e. The van der Waals surface area contributed by atoms with E-state index in [1.165, 1.54) is 18.2 Å². The molecule has 2 rings (SSSR count). The van der Waals surface area contributed by atoms with E-state index in [0.717, 1.165) is 38.8 Å². The van der Waals surface area contributed by atoms with Crippen LogP contribution in [0.25, 0.3) is 0 Å². The van der Waals surface area contributed by atoms with Gasteiger partial charge in [0.15, 0.2) is 6.61 Å². The second kappa shape index (κ2) is 8.69. The molecule has 1 aromatic rings. The van der Waals surface area contributed by atoms with Crippen molar-refractivity contribution >= 4 is 27.5 Å². The van der Waals surface area contributed by atoms with Gasteiger partial charge >= 0.3 is 0 Å². The highest BCUT2D eigenvalue weighted by Crippen LogP contribution is 2.27. The van der Waals surface area contributed by atoms with Crippen molar-refractivity contribution in [1.29, 1.82) is 0 Å². The molecule has 1 aliphatic rings. The summed E-state index contributed by atoms with van der Waals surface area (Å²) in [5.74, 6) is 0.221. The fraction of sp³-hybridized carbons (Fsp3) is 0.562. The van der Waals surface area contributed by atoms with Crippen molar-refractivity contribution < 1.29 is 17.9 Å². The number of carbonyl (C=O) groups excluding carboxylic acids is 1. The molecule has 1 fully saturated rings. The molecule has 0 radical (unpaired) electrons. The Labute approximate surface area is 148 Å². The molecule has 1 aromatic carbocycles. The van der Waals surface area contributed by atoms with Gasteiger partial charge in [0.05, 0.1) is 9.92 Å². The topological polar surface area (TPSA) is 75.7 Å². The molecule has 6 nitrogen and oxygen atoms in total. The minimum Gasteiger partial charge on any atom is -0.482 e. The minimum absolute atomic E-state index is 0.0819. The van der Waals surface area contributed by atoms with Crippen LogP contribution in [0.5, 0.6) is 5.75 Å². The smallest absolute Gasteiger partial charge is 0.260 e. The third kappa shape index (κ3) is 5.09. The Hall–Kier alpha value is -1.31. The highest BCUT2D eigenvalue weighted by Gasteiger charge is 2.19. The van der Waals surface area contributed by atoms with E-state index in [1.54, 1.807) is 4.90 Å². The second-order valence-corrected chi connectivity index (χ2v) is 7.89. The number of halogens is 1. The lowest BCUT2D eigenvalue weighted by molar-refractivity contribution is -0.132. The molecular weight excluding hydrogens is 352 g/mol. The molecule has 24 heavy (non-hydrogen) atoms. The first-order valence-electron chi connectivity index (χ1n) is 8.14. The largest absolute Gasteiger partial charge is 0.482 e. The molecule has 0 atom stereocenters. The normalized spacial score (nSPS) is 14.8. The van der Waals surface area contributed by atoms with Crippen LogP contribution in [0.1, 0.15) is 32.6 Å². The third-order valence-corrected chi connectivity index (χ3v) is 5.60. The van der Waals surface area contributed by atoms with E-state index in [9.17, 15) is 13.2 Å². The van der Waals surface area contributed by atoms with Gasteiger partial charge in [0.1, 0.15) is 5.75 Å². The van der Waals surface area contributed by atoms with Gasteiger partial charge in [0.25, 0.3) is 5.91 Å². The Morgan fingerprint density at radius 1 is 1.33 bits per heavy atom. The van der Waals surface area contributed by atoms with Gasteiger partial charge in [-0.2, -0.15) is 0 Å². The number of sulfonamides is 1. The van der Waals surface area contributed by atoms with Crippen LogP contribution in [0.3, 0.4) is 0 Å². The number of likely N-dealkylation sites (tertiary alicyclic amines) is 1. The molecule has 134 valence electrons. The molecule has 0 aromatic heterocycles. The average Bonchev–Trinajstić information content (AvgIpc) is 3.08. The zero-order valence-electron chi connectivity index (χ0n) is 13.8. The number of carbonyl (C=O) groups is 1. The van der Waals surface area contributed by atoms with Crippen LogP contribution in [0, 0.1) is 0 Å². The first-order chi connectivity index (χ1) is 11.4. The summed E-state index contributed by atoms with van der Waals surface area (Å²) in [5.41, 5.74) is 0. The number of nitrogens with zero attached hydrogens (tertiary/aromatic N) is 1. The number of unbranched alkanes of at least 4 members (excludes halogenated alkanes) is 1. The number of hydrogen-bond acceptors (Lipinski definition) is 4. The Balaban J connectivity index is 1.97. The summed E-state index contributed by atoms with van der Waals surface area (Å²) < 4.78 is 32.2. The van der Waals surface area contributed by atoms with Crippen molar-refractivity contribution in [3.05, 3.63) is 23.2 Å². The SMILES string of the molecule is CCCCNS(=O)(=O)c1ccc(OCC(=O)N2CCCC2)c(Cl)c1. The summed E-state index contributed by atoms with van der Waals surface area (Å²) in [7, 11) is -3.58. The number of hydrogen-bond donors (Lipinski definition) is 1. The number of benzene rings is 1. The molecule has 1 saturated heterocycles. The van der Waals surface area contributed by atoms with Crippen LogP contribution in [-0.2, 0) is 14.8 Å². The van der Waals surface area contributed by atoms with Crippen LogP contribution in [-0.4, -0.2) is 45.5 Å². The lowest BCUT2D eigenvalue weighted by Gasteiger charge is -2.16. The van der Waals surface area contributed by atoms with Crippen molar-refractivity contribution in [2.24, 2.45) is 0 Å². The molecule has 1 N–H and O–H groups in total. The van der Waals surface area contributed by atoms with Crippen LogP contribution in [0.15, 0.2) is 23.1 Å². The quantitative estimate of drug-likeness (QED) is 0.709. The molecule has 1 heterocycles. The second-order valence-electron chi connectivity index (χ2n) is 5.72. The predicted molar refractivity (Wildman–Crippen MR) is 92.9 cm³/mol. The van der Waals surface area contributed by atoms with Gasteiger partial charge in [0.2, 0.25) is 10.0 Å². The van der Waals surface area contributed by atoms with Crippen molar-refractivity contribution in [2.45, 2.75) is 37.5 Å². The summed E-state index contributed by atoms with van der Waals surface area (Å²) in [4.78, 5) is 13.8. The summed E-state index contributed by atoms with van der Waals surface area (Å²) in [6.45, 7) is 3.80. The maximum atomic E-state index is 12.1. The van der Waals surface area contributed by atoms with E-state index in [1.807, 2.05) is 6.92 Å². The van der Waals surface area contributed by atoms with Gasteiger partial charge < -0.3 is 9.64 Å². The fourth-order valence-corrected chi connectivity index (χ4v) is 3.83.